The van der Waals surface area contributed by atoms with Gasteiger partial charge in [0.25, 0.3) is 11.4 Å². The van der Waals surface area contributed by atoms with E-state index in [1.165, 1.54) is 16.6 Å². The first-order chi connectivity index (χ1) is 14.0. The van der Waals surface area contributed by atoms with Crippen molar-refractivity contribution in [2.75, 3.05) is 0 Å². The minimum absolute atomic E-state index is 0.0721. The topological polar surface area (TPSA) is 84.7 Å². The van der Waals surface area contributed by atoms with Crippen molar-refractivity contribution in [1.82, 2.24) is 20.2 Å². The molecule has 9 heteroatoms. The molecule has 152 valence electrons. The molecule has 1 N–H and O–H groups in total. The van der Waals surface area contributed by atoms with E-state index in [9.17, 15) is 4.79 Å². The molecule has 0 unspecified atom stereocenters. The van der Waals surface area contributed by atoms with E-state index in [1.807, 2.05) is 24.4 Å². The van der Waals surface area contributed by atoms with Gasteiger partial charge in [-0.3, -0.25) is 4.79 Å². The maximum atomic E-state index is 12.8. The Kier molecular flexibility index (Phi) is 5.89. The third-order valence-electron chi connectivity index (χ3n) is 4.90. The van der Waals surface area contributed by atoms with Crippen LogP contribution in [0.2, 0.25) is 0 Å². The van der Waals surface area contributed by atoms with Gasteiger partial charge in [-0.25, -0.2) is 4.98 Å². The van der Waals surface area contributed by atoms with Gasteiger partial charge >= 0.3 is 0 Å². The fourth-order valence-corrected chi connectivity index (χ4v) is 5.65. The molecule has 4 aromatic rings. The first-order valence-corrected chi connectivity index (χ1v) is 12.1. The van der Waals surface area contributed by atoms with Gasteiger partial charge in [0.1, 0.15) is 4.83 Å². The first-order valence-electron chi connectivity index (χ1n) is 9.52. The summed E-state index contributed by atoms with van der Waals surface area (Å²) in [6.45, 7) is 8.43. The highest BCUT2D eigenvalue weighted by molar-refractivity contribution is 7.99. The van der Waals surface area contributed by atoms with Crippen LogP contribution in [0.25, 0.3) is 21.0 Å². The Hall–Kier alpha value is -1.97. The quantitative estimate of drug-likeness (QED) is 0.283. The van der Waals surface area contributed by atoms with Crippen LogP contribution in [0.1, 0.15) is 48.8 Å². The summed E-state index contributed by atoms with van der Waals surface area (Å²) in [5.74, 6) is 1.57. The summed E-state index contributed by atoms with van der Waals surface area (Å²) in [7, 11) is 0. The highest BCUT2D eigenvalue weighted by Crippen LogP contribution is 2.36. The highest BCUT2D eigenvalue weighted by Gasteiger charge is 2.21. The summed E-state index contributed by atoms with van der Waals surface area (Å²) in [4.78, 5) is 23.4. The average molecular weight is 447 g/mol. The monoisotopic (exact) mass is 446 g/mol. The molecular weight excluding hydrogens is 424 g/mol. The first kappa shape index (κ1) is 20.3. The van der Waals surface area contributed by atoms with Crippen LogP contribution in [0.5, 0.6) is 0 Å². The van der Waals surface area contributed by atoms with E-state index in [0.29, 0.717) is 22.9 Å². The van der Waals surface area contributed by atoms with Crippen molar-refractivity contribution in [3.05, 3.63) is 44.2 Å². The van der Waals surface area contributed by atoms with E-state index in [0.717, 1.165) is 33.5 Å². The number of thioether (sulfide) groups is 1. The van der Waals surface area contributed by atoms with Gasteiger partial charge in [-0.1, -0.05) is 38.1 Å². The van der Waals surface area contributed by atoms with Crippen molar-refractivity contribution in [2.45, 2.75) is 50.9 Å². The summed E-state index contributed by atoms with van der Waals surface area (Å²) < 4.78 is 5.81. The Labute approximate surface area is 180 Å². The van der Waals surface area contributed by atoms with Gasteiger partial charge in [0.2, 0.25) is 5.89 Å². The Morgan fingerprint density at radius 3 is 2.86 bits per heavy atom. The number of rotatable bonds is 7. The lowest BCUT2D eigenvalue weighted by molar-refractivity contribution is 0.510. The molecule has 0 aliphatic heterocycles. The number of aryl methyl sites for hydroxylation is 1. The van der Waals surface area contributed by atoms with E-state index < -0.39 is 0 Å². The highest BCUT2D eigenvalue weighted by atomic mass is 32.2. The normalized spacial score (nSPS) is 13.8. The maximum Gasteiger partial charge on any atom is 0.260 e. The second-order valence-corrected chi connectivity index (χ2v) is 10.6. The van der Waals surface area contributed by atoms with Gasteiger partial charge in [0.15, 0.2) is 5.16 Å². The number of H-pyrrole nitrogens is 1. The molecule has 4 rings (SSSR count). The third-order valence-corrected chi connectivity index (χ3v) is 7.77. The molecule has 0 spiro atoms. The van der Waals surface area contributed by atoms with E-state index in [4.69, 9.17) is 9.40 Å². The number of nitrogens with one attached hydrogen (secondary N) is 1. The van der Waals surface area contributed by atoms with E-state index in [-0.39, 0.29) is 10.8 Å². The number of nitrogens with zero attached hydrogens (tertiary/aromatic N) is 3. The van der Waals surface area contributed by atoms with Crippen LogP contribution < -0.4 is 5.56 Å². The molecule has 0 fully saturated rings. The Morgan fingerprint density at radius 1 is 1.31 bits per heavy atom. The molecule has 29 heavy (non-hydrogen) atoms. The SMILES string of the molecule is CC[C@H](C)Cc1c(C)sc2nc(S[C@@H](C)c3nnc(-c4cccs4)o3)[nH]c(=O)c12. The molecule has 4 heterocycles. The Morgan fingerprint density at radius 2 is 2.14 bits per heavy atom. The second-order valence-electron chi connectivity index (χ2n) is 7.09. The van der Waals surface area contributed by atoms with Crippen LogP contribution in [-0.2, 0) is 6.42 Å². The van der Waals surface area contributed by atoms with Crippen molar-refractivity contribution in [1.29, 1.82) is 0 Å². The number of thiophene rings is 2. The van der Waals surface area contributed by atoms with Gasteiger partial charge in [-0.2, -0.15) is 0 Å². The van der Waals surface area contributed by atoms with Gasteiger partial charge < -0.3 is 9.40 Å². The smallest absolute Gasteiger partial charge is 0.260 e. The van der Waals surface area contributed by atoms with Crippen molar-refractivity contribution in [3.63, 3.8) is 0 Å². The summed E-state index contributed by atoms with van der Waals surface area (Å²) in [5, 5.41) is 11.4. The number of aromatic amines is 1. The van der Waals surface area contributed by atoms with E-state index in [2.05, 4.69) is 36.0 Å². The Balaban J connectivity index is 1.59. The zero-order valence-corrected chi connectivity index (χ0v) is 19.1. The molecule has 0 aromatic carbocycles. The van der Waals surface area contributed by atoms with Crippen molar-refractivity contribution in [2.24, 2.45) is 5.92 Å². The summed E-state index contributed by atoms with van der Waals surface area (Å²) in [6.07, 6.45) is 1.99. The molecule has 0 radical (unpaired) electrons. The Bertz CT molecular complexity index is 1180. The molecule has 0 bridgehead atoms. The minimum atomic E-state index is -0.127. The fourth-order valence-electron chi connectivity index (χ4n) is 3.07. The molecule has 0 amide bonds. The number of hydrogen-bond acceptors (Lipinski definition) is 8. The summed E-state index contributed by atoms with van der Waals surface area (Å²) in [5.41, 5.74) is 1.06. The average Bonchev–Trinajstić information content (AvgIpc) is 3.41. The standard InChI is InChI=1S/C20H22N4O2S3/c1-5-10(2)9-13-11(3)28-19-15(13)16(25)21-20(22-19)29-12(4)17-23-24-18(26-17)14-7-6-8-27-14/h6-8,10,12H,5,9H2,1-4H3,(H,21,22,25)/t10-,12-/m0/s1. The number of fused-ring (bicyclic) bond motifs is 1. The fraction of sp³-hybridized carbons (Fsp3) is 0.400. The molecule has 0 aliphatic carbocycles. The van der Waals surface area contributed by atoms with E-state index >= 15 is 0 Å². The summed E-state index contributed by atoms with van der Waals surface area (Å²) >= 11 is 4.56. The van der Waals surface area contributed by atoms with Crippen molar-refractivity contribution >= 4 is 44.7 Å². The minimum Gasteiger partial charge on any atom is -0.419 e. The largest absolute Gasteiger partial charge is 0.419 e. The number of hydrogen-bond donors (Lipinski definition) is 1. The molecule has 0 saturated carbocycles. The number of aromatic nitrogens is 4. The van der Waals surface area contributed by atoms with Gasteiger partial charge in [0.05, 0.1) is 15.5 Å². The van der Waals surface area contributed by atoms with Crippen molar-refractivity contribution in [3.8, 4) is 10.8 Å². The lowest BCUT2D eigenvalue weighted by Gasteiger charge is -2.08. The predicted molar refractivity (Wildman–Crippen MR) is 120 cm³/mol. The lowest BCUT2D eigenvalue weighted by atomic mass is 9.98. The maximum absolute atomic E-state index is 12.8. The van der Waals surface area contributed by atoms with Gasteiger partial charge in [0, 0.05) is 4.88 Å². The van der Waals surface area contributed by atoms with Crippen LogP contribution in [-0.4, -0.2) is 20.2 Å². The van der Waals surface area contributed by atoms with Gasteiger partial charge in [-0.15, -0.1) is 32.9 Å². The predicted octanol–water partition coefficient (Wildman–Crippen LogP) is 5.85. The molecular formula is C20H22N4O2S3. The zero-order chi connectivity index (χ0) is 20.5. The molecule has 4 aromatic heterocycles. The zero-order valence-electron chi connectivity index (χ0n) is 16.7. The molecule has 0 saturated heterocycles. The molecule has 2 atom stereocenters. The van der Waals surface area contributed by atoms with Crippen LogP contribution in [0.15, 0.2) is 31.9 Å². The van der Waals surface area contributed by atoms with E-state index in [1.54, 1.807) is 22.7 Å². The molecule has 6 nitrogen and oxygen atoms in total. The van der Waals surface area contributed by atoms with Crippen LogP contribution >= 0.6 is 34.4 Å². The van der Waals surface area contributed by atoms with Crippen LogP contribution in [0.4, 0.5) is 0 Å². The van der Waals surface area contributed by atoms with Gasteiger partial charge in [-0.05, 0) is 43.2 Å². The summed E-state index contributed by atoms with van der Waals surface area (Å²) in [6, 6.07) is 3.90. The van der Waals surface area contributed by atoms with Crippen LogP contribution in [0.3, 0.4) is 0 Å². The second kappa shape index (κ2) is 8.41. The third kappa shape index (κ3) is 4.17. The molecule has 0 aliphatic rings. The van der Waals surface area contributed by atoms with Crippen LogP contribution in [0, 0.1) is 12.8 Å². The lowest BCUT2D eigenvalue weighted by Crippen LogP contribution is -2.11. The van der Waals surface area contributed by atoms with Crippen molar-refractivity contribution < 1.29 is 4.42 Å².